The third kappa shape index (κ3) is 12.0. The van der Waals surface area contributed by atoms with E-state index in [9.17, 15) is 24.6 Å². The Labute approximate surface area is 465 Å². The second-order valence-electron chi connectivity index (χ2n) is 23.1. The number of ether oxygens (including phenoxy) is 2. The van der Waals surface area contributed by atoms with Gasteiger partial charge in [-0.15, -0.1) is 6.42 Å². The van der Waals surface area contributed by atoms with Gasteiger partial charge in [0.2, 0.25) is 17.7 Å². The van der Waals surface area contributed by atoms with Gasteiger partial charge in [-0.25, -0.2) is 15.4 Å². The van der Waals surface area contributed by atoms with E-state index in [-0.39, 0.29) is 102 Å². The van der Waals surface area contributed by atoms with Gasteiger partial charge in [-0.2, -0.15) is 9.97 Å². The number of rotatable bonds is 18. The first-order valence-corrected chi connectivity index (χ1v) is 28.0. The molecule has 10 rings (SSSR count). The number of hydrogen-bond donors (Lipinski definition) is 5. The van der Waals surface area contributed by atoms with E-state index in [1.54, 1.807) is 0 Å². The number of aromatic hydroxyl groups is 1. The Balaban J connectivity index is 0.730. The molecule has 2 aromatic heterocycles. The number of nitrogens with one attached hydrogen (secondary N) is 3. The van der Waals surface area contributed by atoms with E-state index >= 15 is 8.78 Å². The summed E-state index contributed by atoms with van der Waals surface area (Å²) in [6.45, 7) is 19.3. The third-order valence-corrected chi connectivity index (χ3v) is 16.5. The van der Waals surface area contributed by atoms with Gasteiger partial charge in [-0.05, 0) is 98.7 Å². The van der Waals surface area contributed by atoms with Crippen LogP contribution < -0.4 is 30.5 Å². The van der Waals surface area contributed by atoms with Crippen LogP contribution in [-0.4, -0.2) is 154 Å². The number of piperazine rings is 1. The number of β-amino-alcohol motifs (C(OH)–C–C–N with tert-alkyl or cyclic N) is 1. The Morgan fingerprint density at radius 1 is 0.988 bits per heavy atom. The van der Waals surface area contributed by atoms with Gasteiger partial charge in [-0.1, -0.05) is 44.9 Å². The highest BCUT2D eigenvalue weighted by atomic mass is 19.1. The Morgan fingerprint density at radius 2 is 1.75 bits per heavy atom. The van der Waals surface area contributed by atoms with Gasteiger partial charge in [0.05, 0.1) is 29.7 Å². The zero-order valence-electron chi connectivity index (χ0n) is 45.9. The number of aliphatic hydroxyl groups is 1. The predicted octanol–water partition coefficient (Wildman–Crippen LogP) is 6.61. The monoisotopic (exact) mass is 1100 g/mol. The van der Waals surface area contributed by atoms with E-state index in [1.165, 1.54) is 35.4 Å². The van der Waals surface area contributed by atoms with Crippen LogP contribution >= 0.6 is 0 Å². The Bertz CT molecular complexity index is 3210. The molecule has 0 saturated carbocycles. The maximum absolute atomic E-state index is 17.1. The number of phenols is 1. The molecule has 20 heteroatoms. The molecule has 5 saturated heterocycles. The average Bonchev–Trinajstić information content (AvgIpc) is 4.39. The Morgan fingerprint density at radius 3 is 2.49 bits per heavy atom. The fourth-order valence-electron chi connectivity index (χ4n) is 12.3. The van der Waals surface area contributed by atoms with E-state index in [0.717, 1.165) is 62.9 Å². The highest BCUT2D eigenvalue weighted by Crippen LogP contribution is 2.40. The summed E-state index contributed by atoms with van der Waals surface area (Å²) >= 11 is 0. The lowest BCUT2D eigenvalue weighted by Gasteiger charge is -2.35. The van der Waals surface area contributed by atoms with Gasteiger partial charge in [0.25, 0.3) is 6.17 Å². The standard InChI is InChI=1S/C60H71F2N11O7/c1-7-44-47(61)20-15-37-27-42(74)28-45(51(37)44)53-52(62)54-46(30-64-53)56(71-31-38-16-17-39(32-71)66-38)69-59(68-54)80-34-41-11-8-22-70(41)23-10-25-79-26-21-50(76)67-55(60(3,4)5)58(78)73-33-43(75)29-48(73)57(77)65-35(2)36-13-18-40(19-14-36)72-24-9-12-49(72)63-6/h1,13-15,18-20,27-28,30,35,38-39,41,43,48-49,55,66,74-75H,8-12,16-17,21-26,29,31-34H2,2-5H3,(H,65,77)(H,67,76)/t35-,38?,39?,41-,43+,48-,49-,55+/m0/s1. The van der Waals surface area contributed by atoms with Crippen LogP contribution in [0.4, 0.5) is 20.3 Å². The maximum Gasteiger partial charge on any atom is 0.319 e. The van der Waals surface area contributed by atoms with E-state index in [4.69, 9.17) is 27.5 Å². The molecule has 5 N–H and O–H groups in total. The highest BCUT2D eigenvalue weighted by molar-refractivity contribution is 6.03. The molecule has 7 heterocycles. The zero-order chi connectivity index (χ0) is 56.4. The van der Waals surface area contributed by atoms with Gasteiger partial charge >= 0.3 is 6.01 Å². The number of carbonyl (C=O) groups excluding carboxylic acids is 3. The minimum Gasteiger partial charge on any atom is -0.508 e. The molecule has 5 fully saturated rings. The lowest BCUT2D eigenvalue weighted by atomic mass is 9.85. The van der Waals surface area contributed by atoms with E-state index in [1.807, 2.05) is 52.0 Å². The summed E-state index contributed by atoms with van der Waals surface area (Å²) in [5.41, 5.74) is 0.982. The van der Waals surface area contributed by atoms with Crippen molar-refractivity contribution < 1.29 is 42.9 Å². The van der Waals surface area contributed by atoms with Crippen molar-refractivity contribution in [1.29, 1.82) is 0 Å². The van der Waals surface area contributed by atoms with Crippen molar-refractivity contribution in [3.8, 4) is 35.4 Å². The average molecular weight is 1100 g/mol. The van der Waals surface area contributed by atoms with Gasteiger partial charge < -0.3 is 50.3 Å². The molecule has 3 amide bonds. The lowest BCUT2D eigenvalue weighted by molar-refractivity contribution is -0.144. The summed E-state index contributed by atoms with van der Waals surface area (Å²) in [6.07, 6.45) is 12.6. The quantitative estimate of drug-likeness (QED) is 0.0357. The topological polar surface area (TPSA) is 202 Å². The van der Waals surface area contributed by atoms with Crippen LogP contribution in [-0.2, 0) is 19.1 Å². The van der Waals surface area contributed by atoms with Crippen LogP contribution in [0.15, 0.2) is 54.7 Å². The second-order valence-corrected chi connectivity index (χ2v) is 23.1. The van der Waals surface area contributed by atoms with Gasteiger partial charge in [0.15, 0.2) is 5.82 Å². The third-order valence-electron chi connectivity index (χ3n) is 16.5. The number of halogens is 2. The molecule has 2 unspecified atom stereocenters. The molecule has 18 nitrogen and oxygen atoms in total. The van der Waals surface area contributed by atoms with Crippen LogP contribution in [0, 0.1) is 36.0 Å². The normalized spacial score (nSPS) is 22.8. The molecular formula is C60H71F2N11O7. The largest absolute Gasteiger partial charge is 0.508 e. The molecule has 0 radical (unpaired) electrons. The van der Waals surface area contributed by atoms with Crippen LogP contribution in [0.5, 0.6) is 11.8 Å². The van der Waals surface area contributed by atoms with Crippen molar-refractivity contribution in [1.82, 2.24) is 40.7 Å². The first-order valence-electron chi connectivity index (χ1n) is 28.0. The molecule has 0 aliphatic carbocycles. The first kappa shape index (κ1) is 56.1. The summed E-state index contributed by atoms with van der Waals surface area (Å²) in [5.74, 6) is 0.0810. The van der Waals surface area contributed by atoms with Crippen molar-refractivity contribution in [3.05, 3.63) is 88.9 Å². The van der Waals surface area contributed by atoms with E-state index < -0.39 is 53.1 Å². The summed E-state index contributed by atoms with van der Waals surface area (Å²) in [6, 6.07) is 11.5. The van der Waals surface area contributed by atoms with Crippen LogP contribution in [0.3, 0.4) is 0 Å². The number of phenolic OH excluding ortho intramolecular Hbond substituents is 1. The van der Waals surface area contributed by atoms with Crippen molar-refractivity contribution in [2.75, 3.05) is 68.9 Å². The van der Waals surface area contributed by atoms with Crippen LogP contribution in [0.1, 0.15) is 103 Å². The van der Waals surface area contributed by atoms with Crippen molar-refractivity contribution >= 4 is 50.9 Å². The Hall–Kier alpha value is -7.23. The molecule has 8 atom stereocenters. The van der Waals surface area contributed by atoms with E-state index in [2.05, 4.69) is 51.4 Å². The van der Waals surface area contributed by atoms with Crippen LogP contribution in [0.25, 0.3) is 37.8 Å². The number of pyridine rings is 1. The number of carbonyl (C=O) groups is 3. The number of benzene rings is 3. The number of anilines is 2. The molecular weight excluding hydrogens is 1020 g/mol. The number of amides is 3. The first-order chi connectivity index (χ1) is 38.5. The van der Waals surface area contributed by atoms with E-state index in [0.29, 0.717) is 49.3 Å². The van der Waals surface area contributed by atoms with Gasteiger partial charge in [0, 0.05) is 99.6 Å². The summed E-state index contributed by atoms with van der Waals surface area (Å²) in [7, 11) is 0. The van der Waals surface area contributed by atoms with Crippen molar-refractivity contribution in [2.24, 2.45) is 5.41 Å². The molecule has 80 heavy (non-hydrogen) atoms. The number of nitrogens with zero attached hydrogens (tertiary/aromatic N) is 8. The second kappa shape index (κ2) is 23.8. The molecule has 3 aromatic carbocycles. The number of hydrogen-bond acceptors (Lipinski definition) is 14. The molecule has 0 spiro atoms. The van der Waals surface area contributed by atoms with Crippen molar-refractivity contribution in [2.45, 2.75) is 134 Å². The molecule has 5 aliphatic heterocycles. The molecule has 5 aliphatic rings. The van der Waals surface area contributed by atoms with Gasteiger partial charge in [0.1, 0.15) is 47.3 Å². The number of likely N-dealkylation sites (tertiary alicyclic amines) is 2. The SMILES string of the molecule is [C-]#[N+][C@@H]1CCCN1c1ccc([C@H](C)NC(=O)[C@@H]2C[C@@H](O)CN2C(=O)[C@@H](NC(=O)CCOCCCN2CCC[C@H]2COc2nc(N3CC4CCC(C3)N4)c3cnc(-c4cc(O)cc5ccc(F)c(C#C)c45)c(F)c3n2)C(C)(C)C)cc1. The molecule has 422 valence electrons. The number of aliphatic hydroxyl groups excluding tert-OH is 1. The van der Waals surface area contributed by atoms with Crippen LogP contribution in [0.2, 0.25) is 0 Å². The van der Waals surface area contributed by atoms with Gasteiger partial charge in [-0.3, -0.25) is 29.1 Å². The predicted molar refractivity (Wildman–Crippen MR) is 300 cm³/mol. The fraction of sp³-hybridized carbons (Fsp3) is 0.517. The minimum absolute atomic E-state index is 0.00916. The zero-order valence-corrected chi connectivity index (χ0v) is 45.9. The fourth-order valence-corrected chi connectivity index (χ4v) is 12.3. The summed E-state index contributed by atoms with van der Waals surface area (Å²) < 4.78 is 44.5. The number of terminal acetylenes is 1. The summed E-state index contributed by atoms with van der Waals surface area (Å²) in [5, 5.41) is 32.1. The number of aromatic nitrogens is 3. The highest BCUT2D eigenvalue weighted by Gasteiger charge is 2.45. The minimum atomic E-state index is -0.975. The lowest BCUT2D eigenvalue weighted by Crippen LogP contribution is -2.58. The molecule has 5 aromatic rings. The summed E-state index contributed by atoms with van der Waals surface area (Å²) in [4.78, 5) is 67.2. The smallest absolute Gasteiger partial charge is 0.319 e. The molecule has 2 bridgehead atoms. The Kier molecular flexibility index (Phi) is 16.7. The maximum atomic E-state index is 17.1. The number of fused-ring (bicyclic) bond motifs is 4. The van der Waals surface area contributed by atoms with Crippen molar-refractivity contribution in [3.63, 3.8) is 0 Å².